The first-order valence-electron chi connectivity index (χ1n) is 4.82. The molecule has 0 amide bonds. The van der Waals surface area contributed by atoms with E-state index in [1.54, 1.807) is 0 Å². The summed E-state index contributed by atoms with van der Waals surface area (Å²) in [5, 5.41) is 0. The highest BCUT2D eigenvalue weighted by molar-refractivity contribution is 9.11. The van der Waals surface area contributed by atoms with Crippen molar-refractivity contribution in [3.63, 3.8) is 0 Å². The molecule has 0 bridgehead atoms. The fourth-order valence-corrected chi connectivity index (χ4v) is 3.50. The Labute approximate surface area is 116 Å². The van der Waals surface area contributed by atoms with Crippen molar-refractivity contribution >= 4 is 47.8 Å². The molecule has 84 valence electrons. The molecule has 1 aromatic rings. The van der Waals surface area contributed by atoms with E-state index in [4.69, 9.17) is 4.74 Å². The van der Waals surface area contributed by atoms with E-state index in [1.165, 1.54) is 0 Å². The van der Waals surface area contributed by atoms with Crippen LogP contribution in [0, 0.1) is 5.92 Å². The maximum atomic E-state index is 5.76. The molecule has 0 aliphatic heterocycles. The van der Waals surface area contributed by atoms with E-state index in [1.807, 2.05) is 12.1 Å². The van der Waals surface area contributed by atoms with Gasteiger partial charge in [-0.05, 0) is 49.9 Å². The molecule has 1 aromatic carbocycles. The van der Waals surface area contributed by atoms with E-state index >= 15 is 0 Å². The summed E-state index contributed by atoms with van der Waals surface area (Å²) in [6, 6.07) is 3.97. The Hall–Kier alpha value is 0.460. The molecule has 15 heavy (non-hydrogen) atoms. The lowest BCUT2D eigenvalue weighted by atomic mass is 10.1. The van der Waals surface area contributed by atoms with E-state index < -0.39 is 0 Å². The van der Waals surface area contributed by atoms with Gasteiger partial charge in [0.1, 0.15) is 5.75 Å². The molecule has 1 nitrogen and oxygen atoms in total. The number of rotatable bonds is 4. The summed E-state index contributed by atoms with van der Waals surface area (Å²) in [7, 11) is 0. The van der Waals surface area contributed by atoms with E-state index in [0.717, 1.165) is 32.2 Å². The summed E-state index contributed by atoms with van der Waals surface area (Å²) in [5.41, 5.74) is 0. The second-order valence-corrected chi connectivity index (χ2v) is 6.15. The second kappa shape index (κ2) is 6.26. The van der Waals surface area contributed by atoms with E-state index in [-0.39, 0.29) is 0 Å². The molecule has 0 N–H and O–H groups in total. The Morgan fingerprint density at radius 2 is 1.73 bits per heavy atom. The molecule has 0 aliphatic carbocycles. The van der Waals surface area contributed by atoms with Gasteiger partial charge in [-0.25, -0.2) is 0 Å². The maximum absolute atomic E-state index is 5.76. The molecule has 0 aliphatic rings. The van der Waals surface area contributed by atoms with Crippen molar-refractivity contribution in [3.8, 4) is 5.75 Å². The Morgan fingerprint density at radius 1 is 1.20 bits per heavy atom. The van der Waals surface area contributed by atoms with Gasteiger partial charge in [-0.3, -0.25) is 0 Å². The summed E-state index contributed by atoms with van der Waals surface area (Å²) in [6.45, 7) is 5.09. The minimum absolute atomic E-state index is 0.576. The van der Waals surface area contributed by atoms with Crippen molar-refractivity contribution in [1.29, 1.82) is 0 Å². The fraction of sp³-hybridized carbons (Fsp3) is 0.455. The monoisotopic (exact) mass is 398 g/mol. The standard InChI is InChI=1S/C11H13Br3O/c1-3-7(2)6-15-11-9(13)4-8(12)5-10(11)14/h4-5,7H,3,6H2,1-2H3. The van der Waals surface area contributed by atoms with Crippen LogP contribution < -0.4 is 4.74 Å². The van der Waals surface area contributed by atoms with Gasteiger partial charge in [-0.15, -0.1) is 0 Å². The van der Waals surface area contributed by atoms with Gasteiger partial charge in [0, 0.05) is 4.47 Å². The molecule has 0 fully saturated rings. The highest BCUT2D eigenvalue weighted by Gasteiger charge is 2.09. The molecule has 0 aromatic heterocycles. The molecule has 1 rings (SSSR count). The SMILES string of the molecule is CCC(C)COc1c(Br)cc(Br)cc1Br. The zero-order valence-electron chi connectivity index (χ0n) is 8.69. The van der Waals surface area contributed by atoms with Crippen molar-refractivity contribution in [2.24, 2.45) is 5.92 Å². The number of hydrogen-bond donors (Lipinski definition) is 0. The van der Waals surface area contributed by atoms with Crippen LogP contribution in [0.5, 0.6) is 5.75 Å². The van der Waals surface area contributed by atoms with Crippen LogP contribution in [0.25, 0.3) is 0 Å². The van der Waals surface area contributed by atoms with E-state index in [9.17, 15) is 0 Å². The molecular formula is C11H13Br3O. The molecular weight excluding hydrogens is 388 g/mol. The zero-order chi connectivity index (χ0) is 11.4. The molecule has 4 heteroatoms. The minimum atomic E-state index is 0.576. The van der Waals surface area contributed by atoms with Gasteiger partial charge in [-0.1, -0.05) is 36.2 Å². The van der Waals surface area contributed by atoms with Crippen molar-refractivity contribution in [2.45, 2.75) is 20.3 Å². The molecule has 0 heterocycles. The van der Waals surface area contributed by atoms with E-state index in [0.29, 0.717) is 5.92 Å². The highest BCUT2D eigenvalue weighted by atomic mass is 79.9. The van der Waals surface area contributed by atoms with Crippen LogP contribution in [0.4, 0.5) is 0 Å². The Balaban J connectivity index is 2.77. The third-order valence-electron chi connectivity index (χ3n) is 2.17. The molecule has 0 radical (unpaired) electrons. The summed E-state index contributed by atoms with van der Waals surface area (Å²) in [4.78, 5) is 0. The quantitative estimate of drug-likeness (QED) is 0.657. The molecule has 1 atom stereocenters. The summed E-state index contributed by atoms with van der Waals surface area (Å²) in [6.07, 6.45) is 1.13. The van der Waals surface area contributed by atoms with Gasteiger partial charge >= 0.3 is 0 Å². The molecule has 1 unspecified atom stereocenters. The third kappa shape index (κ3) is 4.08. The predicted octanol–water partition coefficient (Wildman–Crippen LogP) is 5.40. The van der Waals surface area contributed by atoms with Crippen LogP contribution in [-0.4, -0.2) is 6.61 Å². The smallest absolute Gasteiger partial charge is 0.147 e. The van der Waals surface area contributed by atoms with Crippen LogP contribution in [0.1, 0.15) is 20.3 Å². The van der Waals surface area contributed by atoms with Crippen molar-refractivity contribution in [1.82, 2.24) is 0 Å². The lowest BCUT2D eigenvalue weighted by Crippen LogP contribution is -2.07. The first kappa shape index (κ1) is 13.5. The van der Waals surface area contributed by atoms with Gasteiger partial charge in [0.05, 0.1) is 15.6 Å². The normalized spacial score (nSPS) is 12.6. The Kier molecular flexibility index (Phi) is 5.64. The van der Waals surface area contributed by atoms with Crippen LogP contribution in [0.15, 0.2) is 25.6 Å². The summed E-state index contributed by atoms with van der Waals surface area (Å²) >= 11 is 10.4. The lowest BCUT2D eigenvalue weighted by molar-refractivity contribution is 0.253. The fourth-order valence-electron chi connectivity index (χ4n) is 1.01. The predicted molar refractivity (Wildman–Crippen MR) is 74.5 cm³/mol. The average Bonchev–Trinajstić information content (AvgIpc) is 2.15. The van der Waals surface area contributed by atoms with Gasteiger partial charge < -0.3 is 4.74 Å². The Bertz CT molecular complexity index is 316. The first-order valence-corrected chi connectivity index (χ1v) is 7.19. The largest absolute Gasteiger partial charge is 0.491 e. The van der Waals surface area contributed by atoms with Crippen LogP contribution in [0.3, 0.4) is 0 Å². The van der Waals surface area contributed by atoms with Crippen molar-refractivity contribution < 1.29 is 4.74 Å². The third-order valence-corrected chi connectivity index (χ3v) is 3.81. The van der Waals surface area contributed by atoms with Crippen LogP contribution in [0.2, 0.25) is 0 Å². The average molecular weight is 401 g/mol. The first-order chi connectivity index (χ1) is 7.04. The second-order valence-electron chi connectivity index (χ2n) is 3.52. The number of benzene rings is 1. The van der Waals surface area contributed by atoms with Gasteiger partial charge in [0.2, 0.25) is 0 Å². The maximum Gasteiger partial charge on any atom is 0.147 e. The van der Waals surface area contributed by atoms with Crippen LogP contribution >= 0.6 is 47.8 Å². The van der Waals surface area contributed by atoms with E-state index in [2.05, 4.69) is 61.6 Å². The lowest BCUT2D eigenvalue weighted by Gasteiger charge is -2.14. The number of ether oxygens (including phenoxy) is 1. The van der Waals surface area contributed by atoms with Crippen molar-refractivity contribution in [3.05, 3.63) is 25.6 Å². The number of hydrogen-bond acceptors (Lipinski definition) is 1. The zero-order valence-corrected chi connectivity index (χ0v) is 13.4. The summed E-state index contributed by atoms with van der Waals surface area (Å²) in [5.74, 6) is 1.45. The van der Waals surface area contributed by atoms with Gasteiger partial charge in [-0.2, -0.15) is 0 Å². The molecule has 0 saturated heterocycles. The van der Waals surface area contributed by atoms with Crippen LogP contribution in [-0.2, 0) is 0 Å². The topological polar surface area (TPSA) is 9.23 Å². The molecule has 0 saturated carbocycles. The highest BCUT2D eigenvalue weighted by Crippen LogP contribution is 2.36. The minimum Gasteiger partial charge on any atom is -0.491 e. The summed E-state index contributed by atoms with van der Waals surface area (Å²) < 4.78 is 8.72. The Morgan fingerprint density at radius 3 is 2.20 bits per heavy atom. The van der Waals surface area contributed by atoms with Gasteiger partial charge in [0.25, 0.3) is 0 Å². The molecule has 0 spiro atoms. The van der Waals surface area contributed by atoms with Gasteiger partial charge in [0.15, 0.2) is 0 Å². The number of halogens is 3. The van der Waals surface area contributed by atoms with Crippen molar-refractivity contribution in [2.75, 3.05) is 6.61 Å².